The number of fused-ring (bicyclic) bond motifs is 1. The van der Waals surface area contributed by atoms with Crippen molar-refractivity contribution in [3.8, 4) is 28.1 Å². The predicted molar refractivity (Wildman–Crippen MR) is 255 cm³/mol. The molecular weight excluding hydrogens is 859 g/mol. The van der Waals surface area contributed by atoms with Gasteiger partial charge in [-0.15, -0.1) is 0 Å². The van der Waals surface area contributed by atoms with Crippen molar-refractivity contribution >= 4 is 46.1 Å². The molecule has 66 heavy (non-hydrogen) atoms. The lowest BCUT2D eigenvalue weighted by atomic mass is 9.80. The second-order valence-corrected chi connectivity index (χ2v) is 20.5. The maximum atomic E-state index is 14.5. The third-order valence-electron chi connectivity index (χ3n) is 13.4. The average Bonchev–Trinajstić information content (AvgIpc) is 3.79. The van der Waals surface area contributed by atoms with Crippen LogP contribution in [0.5, 0.6) is 5.75 Å². The molecule has 3 fully saturated rings. The largest absolute Gasteiger partial charge is 0.508 e. The van der Waals surface area contributed by atoms with Crippen LogP contribution < -0.4 is 10.7 Å². The molecule has 4 unspecified atom stereocenters. The monoisotopic (exact) mass is 923 g/mol. The number of hydrazine groups is 1. The summed E-state index contributed by atoms with van der Waals surface area (Å²) in [5.41, 5.74) is 9.04. The van der Waals surface area contributed by atoms with Crippen LogP contribution in [-0.4, -0.2) is 116 Å². The Balaban J connectivity index is 1.24. The number of phenols is 1. The Morgan fingerprint density at radius 1 is 1.09 bits per heavy atom. The van der Waals surface area contributed by atoms with E-state index >= 15 is 0 Å². The highest BCUT2D eigenvalue weighted by molar-refractivity contribution is 7.85. The first kappa shape index (κ1) is 48.5. The number of amides is 3. The van der Waals surface area contributed by atoms with Crippen molar-refractivity contribution < 1.29 is 38.0 Å². The van der Waals surface area contributed by atoms with Crippen molar-refractivity contribution in [2.45, 2.75) is 98.4 Å². The first-order chi connectivity index (χ1) is 31.5. The Morgan fingerprint density at radius 2 is 1.86 bits per heavy atom. The Morgan fingerprint density at radius 3 is 2.53 bits per heavy atom. The number of benzene rings is 2. The van der Waals surface area contributed by atoms with E-state index in [1.54, 1.807) is 39.7 Å². The molecule has 16 heteroatoms. The van der Waals surface area contributed by atoms with Gasteiger partial charge in [-0.1, -0.05) is 46.4 Å². The number of aromatic hydroxyl groups is 1. The summed E-state index contributed by atoms with van der Waals surface area (Å²) in [6, 6.07) is 13.6. The zero-order valence-corrected chi connectivity index (χ0v) is 40.1. The number of hydrogen-bond acceptors (Lipinski definition) is 10. The molecule has 15 nitrogen and oxygen atoms in total. The molecule has 3 aliphatic heterocycles. The standard InChI is InChI=1S/C50H65N7O8S/c1-9-55-42-16-15-35(26-39(42)40(27-49(6,7)30-65-31-58)45(55)38-14-13-18-51-43(38)33(5)64-8)36-22-34(23-37(59)25-36)24-41(47(61)57-20-12-11-19-52-57)53-46(60)44(32(3)4)56-21-17-50(48(56)62)28-54(29-50)66(63)10-2/h10,13-16,18,22-23,25-26,31-33,41,44,52,59H,2,9,11-12,17,19-21,24,27-30H2,1,3-8H3,(H,53,60). The maximum Gasteiger partial charge on any atom is 0.293 e. The fourth-order valence-electron chi connectivity index (χ4n) is 10.0. The fraction of sp³-hybridized carbons (Fsp3) is 0.500. The minimum absolute atomic E-state index is 0.00362. The van der Waals surface area contributed by atoms with E-state index in [4.69, 9.17) is 14.5 Å². The van der Waals surface area contributed by atoms with Crippen LogP contribution in [0.3, 0.4) is 0 Å². The van der Waals surface area contributed by atoms with Crippen molar-refractivity contribution in [1.29, 1.82) is 0 Å². The van der Waals surface area contributed by atoms with Crippen LogP contribution in [0, 0.1) is 16.7 Å². The summed E-state index contributed by atoms with van der Waals surface area (Å²) in [5, 5.41) is 18.3. The maximum absolute atomic E-state index is 14.5. The van der Waals surface area contributed by atoms with Crippen molar-refractivity contribution in [3.63, 3.8) is 0 Å². The molecule has 0 bridgehead atoms. The number of rotatable bonds is 19. The number of likely N-dealkylation sites (tertiary alicyclic amines) is 1. The molecule has 2 aromatic heterocycles. The molecule has 2 aromatic carbocycles. The molecule has 0 radical (unpaired) electrons. The third-order valence-corrected chi connectivity index (χ3v) is 14.4. The summed E-state index contributed by atoms with van der Waals surface area (Å²) < 4.78 is 27.4. The zero-order valence-electron chi connectivity index (χ0n) is 39.3. The van der Waals surface area contributed by atoms with E-state index in [0.717, 1.165) is 57.4 Å². The summed E-state index contributed by atoms with van der Waals surface area (Å²) in [6.45, 7) is 19.1. The molecule has 3 amide bonds. The van der Waals surface area contributed by atoms with E-state index in [9.17, 15) is 28.5 Å². The quantitative estimate of drug-likeness (QED) is 0.0938. The number of pyridine rings is 1. The van der Waals surface area contributed by atoms with Crippen molar-refractivity contribution in [2.75, 3.05) is 46.4 Å². The number of hydrogen-bond donors (Lipinski definition) is 3. The van der Waals surface area contributed by atoms with Gasteiger partial charge < -0.3 is 29.4 Å². The predicted octanol–water partition coefficient (Wildman–Crippen LogP) is 6.07. The van der Waals surface area contributed by atoms with Crippen LogP contribution in [0.25, 0.3) is 33.3 Å². The highest BCUT2D eigenvalue weighted by Crippen LogP contribution is 2.44. The van der Waals surface area contributed by atoms with Crippen molar-refractivity contribution in [3.05, 3.63) is 83.5 Å². The summed E-state index contributed by atoms with van der Waals surface area (Å²) in [5.74, 6) is -1.14. The third kappa shape index (κ3) is 9.83. The molecule has 4 atom stereocenters. The van der Waals surface area contributed by atoms with Crippen LogP contribution in [-0.2, 0) is 59.0 Å². The van der Waals surface area contributed by atoms with E-state index < -0.39 is 39.8 Å². The van der Waals surface area contributed by atoms with Crippen molar-refractivity contribution in [1.82, 2.24) is 34.5 Å². The van der Waals surface area contributed by atoms with Gasteiger partial charge in [0.1, 0.15) is 28.8 Å². The molecule has 3 N–H and O–H groups in total. The molecule has 0 aliphatic carbocycles. The van der Waals surface area contributed by atoms with Gasteiger partial charge in [-0.25, -0.2) is 13.9 Å². The first-order valence-corrected chi connectivity index (χ1v) is 24.2. The molecule has 7 rings (SSSR count). The highest BCUT2D eigenvalue weighted by atomic mass is 32.2. The number of phenolic OH excluding ortho intramolecular Hbond substituents is 1. The number of carbonyl (C=O) groups is 4. The van der Waals surface area contributed by atoms with Gasteiger partial charge in [-0.05, 0) is 104 Å². The Kier molecular flexibility index (Phi) is 14.9. The van der Waals surface area contributed by atoms with Crippen LogP contribution in [0.15, 0.2) is 66.7 Å². The fourth-order valence-corrected chi connectivity index (χ4v) is 11.0. The number of aromatic nitrogens is 2. The lowest BCUT2D eigenvalue weighted by molar-refractivity contribution is -0.149. The first-order valence-electron chi connectivity index (χ1n) is 23.0. The van der Waals surface area contributed by atoms with Crippen LogP contribution in [0.2, 0.25) is 0 Å². The Bertz CT molecular complexity index is 2490. The summed E-state index contributed by atoms with van der Waals surface area (Å²) in [4.78, 5) is 60.6. The van der Waals surface area contributed by atoms with E-state index in [1.165, 1.54) is 5.41 Å². The number of ether oxygens (including phenoxy) is 2. The van der Waals surface area contributed by atoms with Gasteiger partial charge in [0.15, 0.2) is 0 Å². The normalized spacial score (nSPS) is 18.3. The van der Waals surface area contributed by atoms with Gasteiger partial charge in [-0.2, -0.15) is 0 Å². The second-order valence-electron chi connectivity index (χ2n) is 19.1. The van der Waals surface area contributed by atoms with E-state index in [1.807, 2.05) is 39.0 Å². The number of aryl methyl sites for hydroxylation is 1. The molecule has 1 spiro atoms. The lowest BCUT2D eigenvalue weighted by Crippen LogP contribution is -2.62. The minimum Gasteiger partial charge on any atom is -0.508 e. The van der Waals surface area contributed by atoms with Gasteiger partial charge >= 0.3 is 0 Å². The van der Waals surface area contributed by atoms with Crippen LogP contribution >= 0.6 is 0 Å². The molecular formula is C50H65N7O8S. The number of nitrogens with zero attached hydrogens (tertiary/aromatic N) is 5. The van der Waals surface area contributed by atoms with E-state index in [2.05, 4.69) is 60.9 Å². The number of carbonyl (C=O) groups excluding carboxylic acids is 4. The molecule has 0 saturated carbocycles. The van der Waals surface area contributed by atoms with Crippen LogP contribution in [0.4, 0.5) is 0 Å². The summed E-state index contributed by atoms with van der Waals surface area (Å²) in [7, 11) is 0.290. The van der Waals surface area contributed by atoms with Gasteiger partial charge in [0.25, 0.3) is 12.4 Å². The molecule has 5 heterocycles. The summed E-state index contributed by atoms with van der Waals surface area (Å²) in [6.07, 6.45) is 4.39. The number of nitrogens with one attached hydrogen (secondary N) is 2. The summed E-state index contributed by atoms with van der Waals surface area (Å²) >= 11 is 0. The van der Waals surface area contributed by atoms with Gasteiger partial charge in [0.2, 0.25) is 11.8 Å². The molecule has 3 aliphatic rings. The topological polar surface area (TPSA) is 176 Å². The van der Waals surface area contributed by atoms with Crippen molar-refractivity contribution in [2.24, 2.45) is 16.7 Å². The highest BCUT2D eigenvalue weighted by Gasteiger charge is 2.58. The van der Waals surface area contributed by atoms with Gasteiger partial charge in [0, 0.05) is 86.3 Å². The Hall–Kier alpha value is -5.42. The number of methoxy groups -OCH3 is 1. The zero-order chi connectivity index (χ0) is 47.5. The van der Waals surface area contributed by atoms with Gasteiger partial charge in [0.05, 0.1) is 29.5 Å². The molecule has 4 aromatic rings. The van der Waals surface area contributed by atoms with Gasteiger partial charge in [-0.3, -0.25) is 29.2 Å². The van der Waals surface area contributed by atoms with E-state index in [0.29, 0.717) is 64.1 Å². The van der Waals surface area contributed by atoms with E-state index in [-0.39, 0.29) is 42.6 Å². The molecule has 3 saturated heterocycles. The Labute approximate surface area is 390 Å². The van der Waals surface area contributed by atoms with Crippen LogP contribution in [0.1, 0.15) is 83.7 Å². The smallest absolute Gasteiger partial charge is 0.293 e. The average molecular weight is 924 g/mol. The molecule has 354 valence electrons. The minimum atomic E-state index is -1.38. The second kappa shape index (κ2) is 20.2. The lowest BCUT2D eigenvalue weighted by Gasteiger charge is -2.45. The SMILES string of the molecule is C=CS(=O)N1CC2(CCN(C(C(=O)NC(Cc3cc(O)cc(-c4ccc5c(c4)c(CC(C)(C)COC=O)c(-c4cccnc4C(C)OC)n5CC)c3)C(=O)N3CCCCN3)C(C)C)C2=O)C1.